The summed E-state index contributed by atoms with van der Waals surface area (Å²) in [6.07, 6.45) is 19.1. The Hall–Kier alpha value is 1.28. The topological polar surface area (TPSA) is 182 Å². The average molecular weight is 930 g/mol. The summed E-state index contributed by atoms with van der Waals surface area (Å²) in [6.45, 7) is 11.8. The summed E-state index contributed by atoms with van der Waals surface area (Å²) >= 11 is 0. The van der Waals surface area contributed by atoms with Crippen LogP contribution in [0.1, 0.15) is 84.5 Å². The highest BCUT2D eigenvalue weighted by atomic mass is 35.5. The zero-order valence-corrected chi connectivity index (χ0v) is 39.1. The lowest BCUT2D eigenvalue weighted by molar-refractivity contribution is 0.195. The van der Waals surface area contributed by atoms with Crippen LogP contribution in [0.25, 0.3) is 0 Å². The van der Waals surface area contributed by atoms with Crippen LogP contribution in [0, 0.1) is 0 Å². The van der Waals surface area contributed by atoms with E-state index in [-0.39, 0.29) is 74.4 Å². The molecule has 0 fully saturated rings. The second-order valence-corrected chi connectivity index (χ2v) is 16.1. The molecule has 0 saturated carbocycles. The predicted molar refractivity (Wildman–Crippen MR) is 242 cm³/mol. The van der Waals surface area contributed by atoms with E-state index < -0.39 is 15.2 Å². The average Bonchev–Trinajstić information content (AvgIpc) is 3.05. The van der Waals surface area contributed by atoms with Crippen molar-refractivity contribution in [3.05, 3.63) is 24.3 Å². The minimum Gasteiger partial charge on any atom is -0.329 e. The lowest BCUT2D eigenvalue weighted by Crippen LogP contribution is -2.36. The van der Waals surface area contributed by atoms with Crippen LogP contribution >= 0.6 is 89.6 Å². The molecule has 0 aliphatic rings. The van der Waals surface area contributed by atoms with Crippen LogP contribution in [-0.4, -0.2) is 114 Å². The minimum atomic E-state index is -3.25. The van der Waals surface area contributed by atoms with E-state index in [1.165, 1.54) is 0 Å². The van der Waals surface area contributed by atoms with Gasteiger partial charge in [0.1, 0.15) is 0 Å². The van der Waals surface area contributed by atoms with Gasteiger partial charge in [-0.25, -0.2) is 0 Å². The van der Waals surface area contributed by atoms with E-state index in [4.69, 9.17) is 41.0 Å². The Balaban J connectivity index is -0.000000705. The molecule has 0 radical (unpaired) electrons. The van der Waals surface area contributed by atoms with Gasteiger partial charge < -0.3 is 50.8 Å². The standard InChI is InChI=1S/C33H72N6O6P2.6ClH/c1-3-5-7-10-14-28-42-46(40,32-26-38(22-18-34)23-19-35)44-30-16-12-9-13-17-31-45-47(41,43-29-15-11-8-6-4-2)33-27-39(24-20-36)25-21-37;;;;;;/h7-8,10-11H,3-6,9,12-37H2,1-2H3;6*1H/b10-7-,11-8-;;;;;;. The Morgan fingerprint density at radius 3 is 1.02 bits per heavy atom. The number of unbranched alkanes of at least 4 members (excludes halogenated alkanes) is 6. The summed E-state index contributed by atoms with van der Waals surface area (Å²) in [5, 5.41) is 0. The van der Waals surface area contributed by atoms with Gasteiger partial charge >= 0.3 is 15.2 Å². The van der Waals surface area contributed by atoms with Gasteiger partial charge in [-0.05, 0) is 38.5 Å². The molecule has 2 unspecified atom stereocenters. The van der Waals surface area contributed by atoms with Gasteiger partial charge in [-0.15, -0.1) is 74.4 Å². The van der Waals surface area contributed by atoms with Crippen molar-refractivity contribution in [2.45, 2.75) is 84.5 Å². The molecule has 2 atom stereocenters. The molecule has 20 heteroatoms. The fraction of sp³-hybridized carbons (Fsp3) is 0.879. The van der Waals surface area contributed by atoms with Crippen LogP contribution in [0.15, 0.2) is 24.3 Å². The van der Waals surface area contributed by atoms with E-state index in [1.807, 2.05) is 0 Å². The Morgan fingerprint density at radius 1 is 0.434 bits per heavy atom. The molecule has 0 aromatic heterocycles. The number of nitrogens with two attached hydrogens (primary N) is 4. The van der Waals surface area contributed by atoms with Crippen LogP contribution < -0.4 is 22.9 Å². The summed E-state index contributed by atoms with van der Waals surface area (Å²) in [5.74, 6) is 0. The van der Waals surface area contributed by atoms with Gasteiger partial charge in [0.2, 0.25) is 0 Å². The SMILES string of the molecule is CCC/C=C\CCOP(=O)(CCN(CCN)CCN)OCCCCCCCOP(=O)(CCN(CCN)CCN)OCC/C=C\CCC.Cl.Cl.Cl.Cl.Cl.Cl. The van der Waals surface area contributed by atoms with E-state index in [2.05, 4.69) is 48.0 Å². The molecular weight excluding hydrogens is 851 g/mol. The highest BCUT2D eigenvalue weighted by Gasteiger charge is 2.26. The first-order valence-electron chi connectivity index (χ1n) is 18.1. The van der Waals surface area contributed by atoms with Gasteiger partial charge in [-0.3, -0.25) is 9.13 Å². The van der Waals surface area contributed by atoms with E-state index in [0.29, 0.717) is 117 Å². The lowest BCUT2D eigenvalue weighted by atomic mass is 10.2. The molecule has 0 spiro atoms. The van der Waals surface area contributed by atoms with Crippen molar-refractivity contribution < 1.29 is 27.2 Å². The molecule has 0 rings (SSSR count). The van der Waals surface area contributed by atoms with Crippen molar-refractivity contribution in [1.82, 2.24) is 9.80 Å². The van der Waals surface area contributed by atoms with Crippen molar-refractivity contribution in [1.29, 1.82) is 0 Å². The molecule has 0 amide bonds. The Labute approximate surface area is 360 Å². The van der Waals surface area contributed by atoms with Gasteiger partial charge in [0.25, 0.3) is 0 Å². The molecule has 0 heterocycles. The Bertz CT molecular complexity index is 803. The molecule has 0 bridgehead atoms. The molecule has 0 saturated heterocycles. The number of allylic oxidation sites excluding steroid dienone is 2. The highest BCUT2D eigenvalue weighted by Crippen LogP contribution is 2.49. The van der Waals surface area contributed by atoms with Gasteiger partial charge in [0, 0.05) is 65.4 Å². The highest BCUT2D eigenvalue weighted by molar-refractivity contribution is 7.54. The maximum atomic E-state index is 13.6. The van der Waals surface area contributed by atoms with Gasteiger partial charge in [0.15, 0.2) is 0 Å². The number of nitrogens with zero attached hydrogens (tertiary/aromatic N) is 2. The van der Waals surface area contributed by atoms with Gasteiger partial charge in [-0.2, -0.15) is 0 Å². The molecule has 0 aromatic carbocycles. The molecule has 0 aliphatic carbocycles. The Morgan fingerprint density at radius 2 is 0.717 bits per heavy atom. The Kier molecular flexibility index (Phi) is 64.3. The second kappa shape index (κ2) is 49.4. The molecule has 53 heavy (non-hydrogen) atoms. The van der Waals surface area contributed by atoms with Gasteiger partial charge in [0.05, 0.1) is 38.8 Å². The largest absolute Gasteiger partial charge is 0.331 e. The molecular formula is C33H78Cl6N6O6P2. The molecule has 12 nitrogen and oxygen atoms in total. The third-order valence-electron chi connectivity index (χ3n) is 7.42. The van der Waals surface area contributed by atoms with E-state index in [0.717, 1.165) is 57.8 Å². The van der Waals surface area contributed by atoms with E-state index in [9.17, 15) is 9.13 Å². The summed E-state index contributed by atoms with van der Waals surface area (Å²) in [6, 6.07) is 0. The van der Waals surface area contributed by atoms with Crippen molar-refractivity contribution in [3.63, 3.8) is 0 Å². The second-order valence-electron chi connectivity index (χ2n) is 11.7. The number of hydrogen-bond acceptors (Lipinski definition) is 12. The third-order valence-corrected chi connectivity index (χ3v) is 11.2. The van der Waals surface area contributed by atoms with Crippen molar-refractivity contribution >= 4 is 89.6 Å². The summed E-state index contributed by atoms with van der Waals surface area (Å²) in [4.78, 5) is 4.21. The fourth-order valence-electron chi connectivity index (χ4n) is 4.73. The van der Waals surface area contributed by atoms with Crippen LogP contribution in [0.4, 0.5) is 0 Å². The smallest absolute Gasteiger partial charge is 0.329 e. The van der Waals surface area contributed by atoms with E-state index >= 15 is 0 Å². The zero-order valence-electron chi connectivity index (χ0n) is 32.4. The summed E-state index contributed by atoms with van der Waals surface area (Å²) in [5.41, 5.74) is 22.9. The zero-order chi connectivity index (χ0) is 34.9. The first-order valence-corrected chi connectivity index (χ1v) is 21.6. The van der Waals surface area contributed by atoms with Crippen LogP contribution in [0.5, 0.6) is 0 Å². The lowest BCUT2D eigenvalue weighted by Gasteiger charge is -2.24. The quantitative estimate of drug-likeness (QED) is 0.0272. The number of halogens is 6. The monoisotopic (exact) mass is 926 g/mol. The summed E-state index contributed by atoms with van der Waals surface area (Å²) in [7, 11) is -6.49. The van der Waals surface area contributed by atoms with Crippen LogP contribution in [0.3, 0.4) is 0 Å². The number of hydrogen-bond donors (Lipinski definition) is 4. The van der Waals surface area contributed by atoms with Crippen molar-refractivity contribution in [2.24, 2.45) is 22.9 Å². The number of rotatable bonds is 36. The molecule has 0 aliphatic heterocycles. The maximum absolute atomic E-state index is 13.6. The summed E-state index contributed by atoms with van der Waals surface area (Å²) < 4.78 is 50.6. The minimum absolute atomic E-state index is 0. The van der Waals surface area contributed by atoms with E-state index in [1.54, 1.807) is 0 Å². The fourth-order valence-corrected chi connectivity index (χ4v) is 8.03. The molecule has 8 N–H and O–H groups in total. The maximum Gasteiger partial charge on any atom is 0.331 e. The molecule has 328 valence electrons. The first-order chi connectivity index (χ1) is 22.8. The van der Waals surface area contributed by atoms with Crippen LogP contribution in [0.2, 0.25) is 0 Å². The third kappa shape index (κ3) is 42.7. The van der Waals surface area contributed by atoms with Crippen LogP contribution in [-0.2, 0) is 27.2 Å². The van der Waals surface area contributed by atoms with Gasteiger partial charge in [-0.1, -0.05) is 70.3 Å². The first kappa shape index (κ1) is 68.9. The van der Waals surface area contributed by atoms with Crippen molar-refractivity contribution in [2.75, 3.05) is 104 Å². The molecule has 0 aromatic rings. The normalized spacial score (nSPS) is 13.3. The van der Waals surface area contributed by atoms with Crippen molar-refractivity contribution in [3.8, 4) is 0 Å². The predicted octanol–water partition coefficient (Wildman–Crippen LogP) is 7.85.